The number of nitrogens with one attached hydrogen (secondary N) is 1. The van der Waals surface area contributed by atoms with Crippen molar-refractivity contribution in [3.8, 4) is 11.8 Å². The van der Waals surface area contributed by atoms with Crippen LogP contribution in [0.3, 0.4) is 0 Å². The molecule has 0 heterocycles. The SMILES string of the molecule is CC(C)(C(=O)NCC1=CC=C(F)C#CC1)c1ccccc1. The molecule has 1 aliphatic carbocycles. The van der Waals surface area contributed by atoms with Crippen LogP contribution < -0.4 is 5.32 Å². The summed E-state index contributed by atoms with van der Waals surface area (Å²) in [4.78, 5) is 12.4. The van der Waals surface area contributed by atoms with Crippen molar-refractivity contribution >= 4 is 5.91 Å². The molecule has 0 aliphatic heterocycles. The largest absolute Gasteiger partial charge is 0.352 e. The van der Waals surface area contributed by atoms with Gasteiger partial charge in [0.2, 0.25) is 5.91 Å². The van der Waals surface area contributed by atoms with E-state index in [1.165, 1.54) is 6.08 Å². The van der Waals surface area contributed by atoms with Gasteiger partial charge in [0.1, 0.15) is 0 Å². The zero-order valence-corrected chi connectivity index (χ0v) is 12.2. The lowest BCUT2D eigenvalue weighted by Crippen LogP contribution is -2.40. The molecule has 2 rings (SSSR count). The van der Waals surface area contributed by atoms with E-state index in [0.717, 1.165) is 11.1 Å². The Labute approximate surface area is 124 Å². The van der Waals surface area contributed by atoms with Crippen LogP contribution in [0.2, 0.25) is 0 Å². The van der Waals surface area contributed by atoms with Gasteiger partial charge < -0.3 is 5.32 Å². The second-order valence-corrected chi connectivity index (χ2v) is 5.49. The Morgan fingerprint density at radius 3 is 2.71 bits per heavy atom. The number of halogens is 1. The van der Waals surface area contributed by atoms with E-state index in [1.54, 1.807) is 6.08 Å². The van der Waals surface area contributed by atoms with Crippen molar-refractivity contribution < 1.29 is 9.18 Å². The van der Waals surface area contributed by atoms with E-state index in [4.69, 9.17) is 0 Å². The lowest BCUT2D eigenvalue weighted by molar-refractivity contribution is -0.125. The van der Waals surface area contributed by atoms with Gasteiger partial charge in [-0.2, -0.15) is 4.39 Å². The van der Waals surface area contributed by atoms with Gasteiger partial charge in [-0.15, -0.1) is 0 Å². The molecular weight excluding hydrogens is 265 g/mol. The molecule has 0 atom stereocenters. The fraction of sp³-hybridized carbons (Fsp3) is 0.278. The van der Waals surface area contributed by atoms with Crippen LogP contribution in [0.25, 0.3) is 0 Å². The van der Waals surface area contributed by atoms with Crippen LogP contribution in [-0.4, -0.2) is 12.5 Å². The van der Waals surface area contributed by atoms with Crippen LogP contribution >= 0.6 is 0 Å². The highest BCUT2D eigenvalue weighted by atomic mass is 19.1. The van der Waals surface area contributed by atoms with Crippen LogP contribution in [0.4, 0.5) is 4.39 Å². The molecule has 0 radical (unpaired) electrons. The Morgan fingerprint density at radius 2 is 2.00 bits per heavy atom. The Hall–Kier alpha value is -2.34. The van der Waals surface area contributed by atoms with Crippen molar-refractivity contribution in [1.29, 1.82) is 0 Å². The molecule has 108 valence electrons. The van der Waals surface area contributed by atoms with E-state index in [2.05, 4.69) is 17.2 Å². The number of allylic oxidation sites excluding steroid dienone is 3. The summed E-state index contributed by atoms with van der Waals surface area (Å²) < 4.78 is 13.0. The molecule has 0 saturated heterocycles. The third-order valence-electron chi connectivity index (χ3n) is 3.53. The van der Waals surface area contributed by atoms with Gasteiger partial charge in [-0.05, 0) is 37.0 Å². The zero-order chi connectivity index (χ0) is 15.3. The maximum Gasteiger partial charge on any atom is 0.230 e. The average Bonchev–Trinajstić information content (AvgIpc) is 2.70. The maximum atomic E-state index is 13.0. The molecule has 3 heteroatoms. The Kier molecular flexibility index (Phi) is 4.59. The topological polar surface area (TPSA) is 29.1 Å². The number of carbonyl (C=O) groups is 1. The number of hydrogen-bond acceptors (Lipinski definition) is 1. The summed E-state index contributed by atoms with van der Waals surface area (Å²) in [6, 6.07) is 9.64. The van der Waals surface area contributed by atoms with Gasteiger partial charge in [0, 0.05) is 13.0 Å². The minimum atomic E-state index is -0.612. The van der Waals surface area contributed by atoms with Gasteiger partial charge in [-0.25, -0.2) is 0 Å². The van der Waals surface area contributed by atoms with Crippen molar-refractivity contribution in [2.45, 2.75) is 25.7 Å². The van der Waals surface area contributed by atoms with Gasteiger partial charge in [0.05, 0.1) is 5.41 Å². The maximum absolute atomic E-state index is 13.0. The van der Waals surface area contributed by atoms with E-state index in [0.29, 0.717) is 13.0 Å². The van der Waals surface area contributed by atoms with Gasteiger partial charge in [-0.3, -0.25) is 4.79 Å². The predicted octanol–water partition coefficient (Wildman–Crippen LogP) is 3.27. The first-order valence-corrected chi connectivity index (χ1v) is 6.88. The Morgan fingerprint density at radius 1 is 1.29 bits per heavy atom. The van der Waals surface area contributed by atoms with E-state index >= 15 is 0 Å². The third kappa shape index (κ3) is 3.82. The van der Waals surface area contributed by atoms with Crippen molar-refractivity contribution in [2.24, 2.45) is 0 Å². The minimum Gasteiger partial charge on any atom is -0.352 e. The second-order valence-electron chi connectivity index (χ2n) is 5.49. The normalized spacial score (nSPS) is 14.2. The summed E-state index contributed by atoms with van der Waals surface area (Å²) in [5.74, 6) is 4.62. The van der Waals surface area contributed by atoms with Crippen molar-refractivity contribution in [3.05, 3.63) is 59.4 Å². The molecule has 2 nitrogen and oxygen atoms in total. The molecule has 1 aromatic rings. The highest BCUT2D eigenvalue weighted by molar-refractivity contribution is 5.87. The Bertz CT molecular complexity index is 645. The molecule has 0 saturated carbocycles. The highest BCUT2D eigenvalue weighted by Crippen LogP contribution is 2.23. The first-order chi connectivity index (χ1) is 10.00. The third-order valence-corrected chi connectivity index (χ3v) is 3.53. The van der Waals surface area contributed by atoms with Crippen LogP contribution in [0.15, 0.2) is 53.9 Å². The summed E-state index contributed by atoms with van der Waals surface area (Å²) in [6.07, 6.45) is 3.47. The molecule has 1 amide bonds. The van der Waals surface area contributed by atoms with Gasteiger partial charge in [-0.1, -0.05) is 42.3 Å². The first-order valence-electron chi connectivity index (χ1n) is 6.88. The summed E-state index contributed by atoms with van der Waals surface area (Å²) in [5.41, 5.74) is 1.25. The van der Waals surface area contributed by atoms with Crippen molar-refractivity contribution in [1.82, 2.24) is 5.32 Å². The zero-order valence-electron chi connectivity index (χ0n) is 12.2. The smallest absolute Gasteiger partial charge is 0.230 e. The van der Waals surface area contributed by atoms with E-state index < -0.39 is 11.2 Å². The molecule has 1 aromatic carbocycles. The quantitative estimate of drug-likeness (QED) is 0.844. The lowest BCUT2D eigenvalue weighted by Gasteiger charge is -2.24. The first kappa shape index (κ1) is 15.1. The molecule has 21 heavy (non-hydrogen) atoms. The lowest BCUT2D eigenvalue weighted by atomic mass is 9.83. The minimum absolute atomic E-state index is 0.0590. The molecular formula is C18H18FNO. The van der Waals surface area contributed by atoms with E-state index in [9.17, 15) is 9.18 Å². The van der Waals surface area contributed by atoms with Crippen LogP contribution in [0, 0.1) is 11.8 Å². The summed E-state index contributed by atoms with van der Waals surface area (Å²) >= 11 is 0. The highest BCUT2D eigenvalue weighted by Gasteiger charge is 2.29. The number of benzene rings is 1. The standard InChI is InChI=1S/C18H18FNO/c1-18(2,15-8-4-3-5-9-15)17(21)20-13-14-7-6-10-16(19)12-11-14/h3-5,8-9,11-12H,7,13H2,1-2H3,(H,20,21). The van der Waals surface area contributed by atoms with E-state index in [-0.39, 0.29) is 5.91 Å². The monoisotopic (exact) mass is 283 g/mol. The predicted molar refractivity (Wildman–Crippen MR) is 82.1 cm³/mol. The molecule has 0 aromatic heterocycles. The number of rotatable bonds is 4. The number of amides is 1. The molecule has 1 aliphatic rings. The molecule has 1 N–H and O–H groups in total. The van der Waals surface area contributed by atoms with Gasteiger partial charge in [0.15, 0.2) is 5.83 Å². The average molecular weight is 283 g/mol. The second kappa shape index (κ2) is 6.41. The number of carbonyl (C=O) groups excluding carboxylic acids is 1. The molecule has 0 fully saturated rings. The summed E-state index contributed by atoms with van der Waals surface area (Å²) in [7, 11) is 0. The van der Waals surface area contributed by atoms with Crippen LogP contribution in [0.5, 0.6) is 0 Å². The number of hydrogen-bond donors (Lipinski definition) is 1. The fourth-order valence-electron chi connectivity index (χ4n) is 2.06. The summed E-state index contributed by atoms with van der Waals surface area (Å²) in [5, 5.41) is 2.91. The van der Waals surface area contributed by atoms with E-state index in [1.807, 2.05) is 44.2 Å². The van der Waals surface area contributed by atoms with Crippen molar-refractivity contribution in [2.75, 3.05) is 6.54 Å². The summed E-state index contributed by atoms with van der Waals surface area (Å²) in [6.45, 7) is 4.16. The fourth-order valence-corrected chi connectivity index (χ4v) is 2.06. The van der Waals surface area contributed by atoms with Gasteiger partial charge >= 0.3 is 0 Å². The van der Waals surface area contributed by atoms with Crippen LogP contribution in [-0.2, 0) is 10.2 Å². The Balaban J connectivity index is 2.01. The molecule has 0 spiro atoms. The van der Waals surface area contributed by atoms with Gasteiger partial charge in [0.25, 0.3) is 0 Å². The van der Waals surface area contributed by atoms with Crippen LogP contribution in [0.1, 0.15) is 25.8 Å². The molecule has 0 bridgehead atoms. The molecule has 0 unspecified atom stereocenters. The van der Waals surface area contributed by atoms with Crippen molar-refractivity contribution in [3.63, 3.8) is 0 Å².